The lowest BCUT2D eigenvalue weighted by atomic mass is 9.95. The molecule has 6 aromatic rings. The minimum absolute atomic E-state index is 0.0150. The lowest BCUT2D eigenvalue weighted by Gasteiger charge is -2.42. The van der Waals surface area contributed by atoms with Crippen LogP contribution in [0.1, 0.15) is 58.4 Å². The first-order chi connectivity index (χ1) is 25.6. The minimum atomic E-state index is -0.854. The molecule has 0 radical (unpaired) electrons. The van der Waals surface area contributed by atoms with Crippen LogP contribution in [0.15, 0.2) is 29.9 Å². The normalized spacial score (nSPS) is 24.5. The third-order valence-electron chi connectivity index (χ3n) is 11.5. The van der Waals surface area contributed by atoms with Gasteiger partial charge in [0.2, 0.25) is 0 Å². The number of halogens is 1. The van der Waals surface area contributed by atoms with Crippen molar-refractivity contribution in [1.82, 2.24) is 34.9 Å². The van der Waals surface area contributed by atoms with Gasteiger partial charge < -0.3 is 14.4 Å². The number of piperazine rings is 1. The summed E-state index contributed by atoms with van der Waals surface area (Å²) in [4.78, 5) is 35.9. The first-order valence-electron chi connectivity index (χ1n) is 18.3. The number of amides is 1. The molecule has 1 aromatic carbocycles. The zero-order valence-electron chi connectivity index (χ0n) is 29.8. The molecule has 0 spiro atoms. The van der Waals surface area contributed by atoms with Crippen molar-refractivity contribution in [3.63, 3.8) is 0 Å². The van der Waals surface area contributed by atoms with Crippen LogP contribution in [0.5, 0.6) is 6.01 Å². The van der Waals surface area contributed by atoms with Gasteiger partial charge in [0, 0.05) is 69.6 Å². The first kappa shape index (κ1) is 33.0. The second kappa shape index (κ2) is 12.0. The Labute approximate surface area is 313 Å². The molecule has 4 aliphatic heterocycles. The van der Waals surface area contributed by atoms with E-state index in [9.17, 15) is 9.18 Å². The van der Waals surface area contributed by atoms with Crippen molar-refractivity contribution in [3.8, 4) is 29.6 Å². The first-order valence-corrected chi connectivity index (χ1v) is 20.0. The van der Waals surface area contributed by atoms with Crippen LogP contribution >= 0.6 is 22.7 Å². The van der Waals surface area contributed by atoms with Crippen LogP contribution in [0.4, 0.5) is 15.0 Å². The number of H-pyrrole nitrogens is 1. The standard InChI is InChI=1S/C39H39FN8O3S2/c1-5-21-19-52-28-13-27-26(15-42-45-27)30(29(21)28)32-33-25(9-11-41-32)31-34(46-17-23-7-8-24(18-46)48(23)37(49)51-38(2,3)4)43-36(44-35(31)53-33)50-20-39-10-6-12-47(39)16-22(40)14-39/h1,9,11,13,15,19,22-24H,6-8,10,12,14,16-18,20H2,2-4H3,(H,42,45)/t22-,23-,24+,39+/m1/s1. The Hall–Kier alpha value is -4.58. The maximum Gasteiger partial charge on any atom is 0.410 e. The number of hydrogen-bond donors (Lipinski definition) is 1. The Morgan fingerprint density at radius 2 is 2.00 bits per heavy atom. The summed E-state index contributed by atoms with van der Waals surface area (Å²) >= 11 is 3.17. The molecule has 0 aliphatic carbocycles. The second-order valence-electron chi connectivity index (χ2n) is 15.9. The van der Waals surface area contributed by atoms with Gasteiger partial charge in [-0.15, -0.1) is 29.1 Å². The van der Waals surface area contributed by atoms with Crippen LogP contribution in [0, 0.1) is 12.3 Å². The molecule has 4 saturated heterocycles. The fourth-order valence-electron chi connectivity index (χ4n) is 9.33. The third-order valence-corrected chi connectivity index (χ3v) is 13.5. The molecule has 272 valence electrons. The van der Waals surface area contributed by atoms with E-state index in [2.05, 4.69) is 32.0 Å². The van der Waals surface area contributed by atoms with Gasteiger partial charge in [-0.3, -0.25) is 19.9 Å². The highest BCUT2D eigenvalue weighted by atomic mass is 32.1. The zero-order chi connectivity index (χ0) is 36.2. The summed E-state index contributed by atoms with van der Waals surface area (Å²) in [6, 6.07) is 4.38. The largest absolute Gasteiger partial charge is 0.461 e. The van der Waals surface area contributed by atoms with Crippen LogP contribution < -0.4 is 9.64 Å². The van der Waals surface area contributed by atoms with Crippen molar-refractivity contribution in [2.24, 2.45) is 0 Å². The van der Waals surface area contributed by atoms with Gasteiger partial charge >= 0.3 is 12.1 Å². The fourth-order valence-corrected chi connectivity index (χ4v) is 11.4. The molecule has 1 N–H and O–H groups in total. The highest BCUT2D eigenvalue weighted by Crippen LogP contribution is 2.48. The van der Waals surface area contributed by atoms with E-state index in [1.54, 1.807) is 22.7 Å². The fraction of sp³-hybridized carbons (Fsp3) is 0.462. The number of aromatic amines is 1. The number of carbonyl (C=O) groups is 1. The Bertz CT molecular complexity index is 2490. The molecule has 53 heavy (non-hydrogen) atoms. The van der Waals surface area contributed by atoms with Gasteiger partial charge in [-0.05, 0) is 65.1 Å². The average Bonchev–Trinajstić information content (AvgIpc) is 3.97. The molecule has 4 fully saturated rings. The van der Waals surface area contributed by atoms with Gasteiger partial charge in [-0.2, -0.15) is 15.1 Å². The molecule has 0 saturated carbocycles. The lowest BCUT2D eigenvalue weighted by molar-refractivity contribution is 0.0122. The number of nitrogens with zero attached hydrogens (tertiary/aromatic N) is 7. The highest BCUT2D eigenvalue weighted by molar-refractivity contribution is 7.26. The third kappa shape index (κ3) is 5.26. The summed E-state index contributed by atoms with van der Waals surface area (Å²) < 4.78 is 29.1. The number of pyridine rings is 1. The van der Waals surface area contributed by atoms with E-state index in [0.29, 0.717) is 32.7 Å². The van der Waals surface area contributed by atoms with Gasteiger partial charge in [0.05, 0.1) is 45.1 Å². The van der Waals surface area contributed by atoms with E-state index in [4.69, 9.17) is 30.8 Å². The smallest absolute Gasteiger partial charge is 0.410 e. The molecule has 14 heteroatoms. The molecule has 9 heterocycles. The molecule has 1 amide bonds. The van der Waals surface area contributed by atoms with Gasteiger partial charge in [0.15, 0.2) is 0 Å². The molecular formula is C39H39FN8O3S2. The number of fused-ring (bicyclic) bond motifs is 8. The summed E-state index contributed by atoms with van der Waals surface area (Å²) in [5, 5.41) is 13.4. The second-order valence-corrected chi connectivity index (χ2v) is 17.8. The van der Waals surface area contributed by atoms with Crippen LogP contribution in [-0.2, 0) is 4.74 Å². The lowest BCUT2D eigenvalue weighted by Crippen LogP contribution is -2.57. The topological polar surface area (TPSA) is 113 Å². The van der Waals surface area contributed by atoms with Crippen LogP contribution in [0.3, 0.4) is 0 Å². The number of thiophene rings is 2. The quantitative estimate of drug-likeness (QED) is 0.179. The van der Waals surface area contributed by atoms with E-state index in [-0.39, 0.29) is 29.7 Å². The van der Waals surface area contributed by atoms with Crippen molar-refractivity contribution in [1.29, 1.82) is 0 Å². The minimum Gasteiger partial charge on any atom is -0.461 e. The van der Waals surface area contributed by atoms with E-state index < -0.39 is 11.8 Å². The van der Waals surface area contributed by atoms with Gasteiger partial charge in [-0.1, -0.05) is 5.92 Å². The number of rotatable bonds is 5. The molecule has 0 unspecified atom stereocenters. The Morgan fingerprint density at radius 1 is 1.17 bits per heavy atom. The number of anilines is 1. The van der Waals surface area contributed by atoms with E-state index >= 15 is 0 Å². The maximum absolute atomic E-state index is 14.7. The van der Waals surface area contributed by atoms with Crippen molar-refractivity contribution >= 4 is 75.9 Å². The summed E-state index contributed by atoms with van der Waals surface area (Å²) in [6.07, 6.45) is 12.8. The average molecular weight is 751 g/mol. The van der Waals surface area contributed by atoms with Gasteiger partial charge in [0.25, 0.3) is 0 Å². The van der Waals surface area contributed by atoms with E-state index in [0.717, 1.165) is 96.2 Å². The Morgan fingerprint density at radius 3 is 2.79 bits per heavy atom. The highest BCUT2D eigenvalue weighted by Gasteiger charge is 2.50. The molecule has 10 rings (SSSR count). The van der Waals surface area contributed by atoms with E-state index in [1.165, 1.54) is 0 Å². The number of aromatic nitrogens is 5. The number of hydrogen-bond acceptors (Lipinski definition) is 11. The van der Waals surface area contributed by atoms with Crippen molar-refractivity contribution in [3.05, 3.63) is 35.5 Å². The molecular weight excluding hydrogens is 712 g/mol. The SMILES string of the molecule is C#Cc1csc2cc3[nH]ncc3c(-c3nccc4c3sc3nc(OC[C@@]56CCCN5C[C@H](F)C6)nc(N5C[C@H]6CC[C@@H](C5)N6C(=O)OC(C)(C)C)c34)c12. The monoisotopic (exact) mass is 750 g/mol. The predicted molar refractivity (Wildman–Crippen MR) is 207 cm³/mol. The summed E-state index contributed by atoms with van der Waals surface area (Å²) in [7, 11) is 0. The van der Waals surface area contributed by atoms with Gasteiger partial charge in [-0.25, -0.2) is 9.18 Å². The zero-order valence-corrected chi connectivity index (χ0v) is 31.4. The summed E-state index contributed by atoms with van der Waals surface area (Å²) in [6.45, 7) is 8.59. The number of terminal acetylenes is 1. The van der Waals surface area contributed by atoms with Crippen molar-refractivity contribution in [2.45, 2.75) is 82.3 Å². The van der Waals surface area contributed by atoms with Crippen molar-refractivity contribution in [2.75, 3.05) is 37.7 Å². The van der Waals surface area contributed by atoms with Crippen LogP contribution in [0.2, 0.25) is 0 Å². The Balaban J connectivity index is 1.12. The molecule has 2 bridgehead atoms. The number of carbonyl (C=O) groups excluding carboxylic acids is 1. The number of alkyl halides is 1. The van der Waals surface area contributed by atoms with E-state index in [1.807, 2.05) is 49.5 Å². The number of benzene rings is 1. The van der Waals surface area contributed by atoms with Crippen molar-refractivity contribution < 1.29 is 18.7 Å². The maximum atomic E-state index is 14.7. The molecule has 4 aliphatic rings. The Kier molecular flexibility index (Phi) is 7.45. The summed E-state index contributed by atoms with van der Waals surface area (Å²) in [5.74, 6) is 3.66. The molecule has 11 nitrogen and oxygen atoms in total. The number of nitrogens with one attached hydrogen (secondary N) is 1. The summed E-state index contributed by atoms with van der Waals surface area (Å²) in [5.41, 5.74) is 2.57. The molecule has 4 atom stereocenters. The van der Waals surface area contributed by atoms with Gasteiger partial charge in [0.1, 0.15) is 29.0 Å². The number of ether oxygens (including phenoxy) is 2. The predicted octanol–water partition coefficient (Wildman–Crippen LogP) is 7.52. The molecule has 5 aromatic heterocycles. The van der Waals surface area contributed by atoms with Crippen LogP contribution in [0.25, 0.3) is 52.5 Å². The van der Waals surface area contributed by atoms with Crippen LogP contribution in [-0.4, -0.2) is 103 Å².